The number of hydrogen-bond donors (Lipinski definition) is 3. The van der Waals surface area contributed by atoms with E-state index >= 15 is 0 Å². The second-order valence-corrected chi connectivity index (χ2v) is 3.80. The molecule has 0 atom stereocenters. The van der Waals surface area contributed by atoms with Gasteiger partial charge in [0.25, 0.3) is 0 Å². The number of likely N-dealkylation sites (N-methyl/N-ethyl adjacent to an activating group) is 1. The molecule has 0 saturated carbocycles. The van der Waals surface area contributed by atoms with Crippen LogP contribution < -0.4 is 11.1 Å². The molecular formula is C9H19N3O3. The van der Waals surface area contributed by atoms with Crippen LogP contribution in [-0.4, -0.2) is 47.7 Å². The van der Waals surface area contributed by atoms with Crippen molar-refractivity contribution >= 4 is 12.0 Å². The zero-order chi connectivity index (χ0) is 12.1. The molecule has 0 aliphatic carbocycles. The smallest absolute Gasteiger partial charge is 0.329 e. The van der Waals surface area contributed by atoms with Crippen molar-refractivity contribution in [3.05, 3.63) is 0 Å². The summed E-state index contributed by atoms with van der Waals surface area (Å²) in [5, 5.41) is 11.5. The molecule has 4 N–H and O–H groups in total. The summed E-state index contributed by atoms with van der Waals surface area (Å²) in [7, 11) is 1.45. The van der Waals surface area contributed by atoms with Crippen LogP contribution >= 0.6 is 0 Å². The molecule has 0 radical (unpaired) electrons. The third kappa shape index (κ3) is 3.75. The first-order valence-electron chi connectivity index (χ1n) is 4.79. The van der Waals surface area contributed by atoms with Crippen LogP contribution in [0, 0.1) is 0 Å². The van der Waals surface area contributed by atoms with Gasteiger partial charge in [0.1, 0.15) is 5.54 Å². The molecule has 0 aliphatic heterocycles. The number of nitrogens with one attached hydrogen (secondary N) is 1. The van der Waals surface area contributed by atoms with Crippen molar-refractivity contribution in [2.24, 2.45) is 5.73 Å². The van der Waals surface area contributed by atoms with E-state index in [4.69, 9.17) is 10.8 Å². The lowest BCUT2D eigenvalue weighted by Gasteiger charge is -2.31. The maximum Gasteiger partial charge on any atom is 0.329 e. The van der Waals surface area contributed by atoms with E-state index in [-0.39, 0.29) is 0 Å². The molecule has 15 heavy (non-hydrogen) atoms. The van der Waals surface area contributed by atoms with Crippen LogP contribution in [-0.2, 0) is 4.79 Å². The highest BCUT2D eigenvalue weighted by Crippen LogP contribution is 2.11. The zero-order valence-electron chi connectivity index (χ0n) is 9.41. The molecule has 88 valence electrons. The number of carboxylic acids is 1. The van der Waals surface area contributed by atoms with Gasteiger partial charge in [-0.25, -0.2) is 9.59 Å². The first-order valence-corrected chi connectivity index (χ1v) is 4.79. The van der Waals surface area contributed by atoms with Crippen molar-refractivity contribution in [2.75, 3.05) is 20.1 Å². The molecule has 0 saturated heterocycles. The Morgan fingerprint density at radius 2 is 2.00 bits per heavy atom. The molecule has 6 heteroatoms. The van der Waals surface area contributed by atoms with Gasteiger partial charge in [-0.3, -0.25) is 0 Å². The minimum atomic E-state index is -1.22. The molecule has 0 heterocycles. The number of urea groups is 1. The van der Waals surface area contributed by atoms with Gasteiger partial charge in [0.15, 0.2) is 0 Å². The van der Waals surface area contributed by atoms with Crippen LogP contribution in [0.15, 0.2) is 0 Å². The Kier molecular flexibility index (Phi) is 5.07. The fraction of sp³-hybridized carbons (Fsp3) is 0.778. The summed E-state index contributed by atoms with van der Waals surface area (Å²) in [5.41, 5.74) is 4.05. The number of aliphatic carboxylic acids is 1. The average molecular weight is 217 g/mol. The summed E-state index contributed by atoms with van der Waals surface area (Å²) < 4.78 is 0. The molecule has 0 unspecified atom stereocenters. The van der Waals surface area contributed by atoms with E-state index in [1.807, 2.05) is 0 Å². The van der Waals surface area contributed by atoms with Crippen molar-refractivity contribution in [1.29, 1.82) is 0 Å². The minimum Gasteiger partial charge on any atom is -0.480 e. The van der Waals surface area contributed by atoms with Gasteiger partial charge >= 0.3 is 12.0 Å². The standard InChI is InChI=1S/C9H19N3O3/c1-9(2,7(13)14)12(3)8(15)11-6-4-5-10/h4-6,10H2,1-3H3,(H,11,15)(H,13,14). The van der Waals surface area contributed by atoms with Crippen molar-refractivity contribution in [1.82, 2.24) is 10.2 Å². The third-order valence-electron chi connectivity index (χ3n) is 2.32. The summed E-state index contributed by atoms with van der Waals surface area (Å²) in [5.74, 6) is -1.04. The van der Waals surface area contributed by atoms with Gasteiger partial charge < -0.3 is 21.1 Å². The number of hydrogen-bond acceptors (Lipinski definition) is 3. The maximum atomic E-state index is 11.5. The van der Waals surface area contributed by atoms with Crippen LogP contribution in [0.2, 0.25) is 0 Å². The number of carbonyl (C=O) groups excluding carboxylic acids is 1. The van der Waals surface area contributed by atoms with Crippen LogP contribution in [0.3, 0.4) is 0 Å². The lowest BCUT2D eigenvalue weighted by atomic mass is 10.1. The average Bonchev–Trinajstić information content (AvgIpc) is 2.16. The fourth-order valence-electron chi connectivity index (χ4n) is 0.813. The number of carbonyl (C=O) groups is 2. The summed E-state index contributed by atoms with van der Waals surface area (Å²) >= 11 is 0. The molecule has 2 amide bonds. The lowest BCUT2D eigenvalue weighted by molar-refractivity contribution is -0.146. The van der Waals surface area contributed by atoms with Crippen molar-refractivity contribution in [2.45, 2.75) is 25.8 Å². The quantitative estimate of drug-likeness (QED) is 0.557. The van der Waals surface area contributed by atoms with Crippen LogP contribution in [0.4, 0.5) is 4.79 Å². The first-order chi connectivity index (χ1) is 6.84. The van der Waals surface area contributed by atoms with E-state index in [2.05, 4.69) is 5.32 Å². The number of rotatable bonds is 5. The third-order valence-corrected chi connectivity index (χ3v) is 2.32. The number of nitrogens with zero attached hydrogens (tertiary/aromatic N) is 1. The Labute approximate surface area is 89.4 Å². The van der Waals surface area contributed by atoms with Gasteiger partial charge in [-0.05, 0) is 26.8 Å². The van der Waals surface area contributed by atoms with E-state index in [0.717, 1.165) is 4.90 Å². The molecule has 0 aromatic carbocycles. The van der Waals surface area contributed by atoms with Crippen LogP contribution in [0.25, 0.3) is 0 Å². The Balaban J connectivity index is 4.25. The highest BCUT2D eigenvalue weighted by Gasteiger charge is 2.34. The summed E-state index contributed by atoms with van der Waals surface area (Å²) in [4.78, 5) is 23.5. The minimum absolute atomic E-state index is 0.407. The number of amides is 2. The normalized spacial score (nSPS) is 10.9. The maximum absolute atomic E-state index is 11.5. The number of carboxylic acid groups (broad SMARTS) is 1. The number of nitrogens with two attached hydrogens (primary N) is 1. The highest BCUT2D eigenvalue weighted by atomic mass is 16.4. The van der Waals surface area contributed by atoms with Gasteiger partial charge in [-0.2, -0.15) is 0 Å². The Morgan fingerprint density at radius 3 is 2.40 bits per heavy atom. The fourth-order valence-corrected chi connectivity index (χ4v) is 0.813. The predicted octanol–water partition coefficient (Wildman–Crippen LogP) is -0.160. The zero-order valence-corrected chi connectivity index (χ0v) is 9.41. The van der Waals surface area contributed by atoms with Gasteiger partial charge in [0.2, 0.25) is 0 Å². The Bertz CT molecular complexity index is 241. The summed E-state index contributed by atoms with van der Waals surface area (Å²) in [6, 6.07) is -0.407. The topological polar surface area (TPSA) is 95.7 Å². The van der Waals surface area contributed by atoms with Crippen LogP contribution in [0.1, 0.15) is 20.3 Å². The van der Waals surface area contributed by atoms with E-state index in [0.29, 0.717) is 19.5 Å². The van der Waals surface area contributed by atoms with E-state index < -0.39 is 17.5 Å². The summed E-state index contributed by atoms with van der Waals surface area (Å²) in [6.07, 6.45) is 0.674. The second kappa shape index (κ2) is 5.55. The second-order valence-electron chi connectivity index (χ2n) is 3.80. The lowest BCUT2D eigenvalue weighted by Crippen LogP contribution is -2.54. The molecule has 0 bridgehead atoms. The van der Waals surface area contributed by atoms with Crippen molar-refractivity contribution in [3.8, 4) is 0 Å². The molecule has 0 aromatic heterocycles. The first kappa shape index (κ1) is 13.7. The van der Waals surface area contributed by atoms with Gasteiger partial charge in [-0.15, -0.1) is 0 Å². The monoisotopic (exact) mass is 217 g/mol. The van der Waals surface area contributed by atoms with E-state index in [9.17, 15) is 9.59 Å². The highest BCUT2D eigenvalue weighted by molar-refractivity contribution is 5.85. The van der Waals surface area contributed by atoms with E-state index in [1.165, 1.54) is 20.9 Å². The Morgan fingerprint density at radius 1 is 1.47 bits per heavy atom. The van der Waals surface area contributed by atoms with E-state index in [1.54, 1.807) is 0 Å². The largest absolute Gasteiger partial charge is 0.480 e. The molecule has 0 fully saturated rings. The Hall–Kier alpha value is -1.30. The molecule has 0 spiro atoms. The van der Waals surface area contributed by atoms with Gasteiger partial charge in [0.05, 0.1) is 0 Å². The predicted molar refractivity (Wildman–Crippen MR) is 56.5 cm³/mol. The van der Waals surface area contributed by atoms with Crippen molar-refractivity contribution < 1.29 is 14.7 Å². The molecule has 0 aromatic rings. The molecule has 0 rings (SSSR count). The van der Waals surface area contributed by atoms with Crippen molar-refractivity contribution in [3.63, 3.8) is 0 Å². The molecule has 6 nitrogen and oxygen atoms in total. The van der Waals surface area contributed by atoms with Crippen LogP contribution in [0.5, 0.6) is 0 Å². The van der Waals surface area contributed by atoms with Gasteiger partial charge in [0, 0.05) is 13.6 Å². The van der Waals surface area contributed by atoms with Gasteiger partial charge in [-0.1, -0.05) is 0 Å². The molecule has 0 aliphatic rings. The summed E-state index contributed by atoms with van der Waals surface area (Å²) in [6.45, 7) is 3.89. The molecular weight excluding hydrogens is 198 g/mol. The SMILES string of the molecule is CN(C(=O)NCCCN)C(C)(C)C(=O)O.